The van der Waals surface area contributed by atoms with Crippen LogP contribution in [0.15, 0.2) is 41.4 Å². The average molecular weight is 312 g/mol. The number of amides is 1. The van der Waals surface area contributed by atoms with Gasteiger partial charge >= 0.3 is 0 Å². The van der Waals surface area contributed by atoms with E-state index in [1.54, 1.807) is 12.5 Å². The Balaban J connectivity index is 1.93. The lowest BCUT2D eigenvalue weighted by atomic mass is 10.2. The molecule has 1 amide bonds. The summed E-state index contributed by atoms with van der Waals surface area (Å²) in [6.07, 6.45) is 5.15. The van der Waals surface area contributed by atoms with Crippen LogP contribution in [-0.4, -0.2) is 22.0 Å². The first-order valence-electron chi connectivity index (χ1n) is 5.36. The third-order valence-corrected chi connectivity index (χ3v) is 3.08. The molecule has 1 aromatic heterocycles. The molecule has 0 unspecified atom stereocenters. The number of rotatable bonds is 4. The molecule has 0 fully saturated rings. The Morgan fingerprint density at radius 1 is 1.50 bits per heavy atom. The fourth-order valence-corrected chi connectivity index (χ4v) is 1.91. The van der Waals surface area contributed by atoms with Crippen molar-refractivity contribution in [3.05, 3.63) is 52.8 Å². The number of nitrogens with one attached hydrogen (secondary N) is 1. The van der Waals surface area contributed by atoms with Crippen molar-refractivity contribution in [2.24, 2.45) is 0 Å². The molecule has 18 heavy (non-hydrogen) atoms. The molecule has 0 aliphatic rings. The molecule has 0 aliphatic heterocycles. The molecule has 2 rings (SSSR count). The van der Waals surface area contributed by atoms with Crippen LogP contribution in [0.5, 0.6) is 0 Å². The van der Waals surface area contributed by atoms with E-state index in [2.05, 4.69) is 26.2 Å². The summed E-state index contributed by atoms with van der Waals surface area (Å²) in [5.74, 6) is -0.737. The van der Waals surface area contributed by atoms with E-state index in [-0.39, 0.29) is 5.91 Å². The molecule has 0 spiro atoms. The number of carbonyl (C=O) groups is 1. The minimum Gasteiger partial charge on any atom is -0.350 e. The molecule has 0 radical (unpaired) electrons. The highest BCUT2D eigenvalue weighted by Gasteiger charge is 2.10. The summed E-state index contributed by atoms with van der Waals surface area (Å²) in [5, 5.41) is 2.72. The molecular weight excluding hydrogens is 301 g/mol. The van der Waals surface area contributed by atoms with Gasteiger partial charge in [-0.3, -0.25) is 4.79 Å². The lowest BCUT2D eigenvalue weighted by molar-refractivity contribution is 0.0951. The van der Waals surface area contributed by atoms with Crippen LogP contribution in [0.4, 0.5) is 4.39 Å². The molecule has 1 heterocycles. The third kappa shape index (κ3) is 3.16. The third-order valence-electron chi connectivity index (χ3n) is 2.39. The molecule has 1 aromatic carbocycles. The first kappa shape index (κ1) is 12.8. The SMILES string of the molecule is O=C(NCCn1ccnc1)c1cc(F)ccc1Br. The van der Waals surface area contributed by atoms with Gasteiger partial charge in [0.15, 0.2) is 0 Å². The zero-order valence-corrected chi connectivity index (χ0v) is 11.0. The number of aromatic nitrogens is 2. The van der Waals surface area contributed by atoms with Crippen molar-refractivity contribution in [3.63, 3.8) is 0 Å². The number of halogens is 2. The van der Waals surface area contributed by atoms with Crippen LogP contribution >= 0.6 is 15.9 Å². The highest BCUT2D eigenvalue weighted by molar-refractivity contribution is 9.10. The molecule has 0 aliphatic carbocycles. The van der Waals surface area contributed by atoms with Crippen LogP contribution in [0.3, 0.4) is 0 Å². The van der Waals surface area contributed by atoms with E-state index in [0.29, 0.717) is 23.1 Å². The number of carbonyl (C=O) groups excluding carboxylic acids is 1. The molecule has 6 heteroatoms. The Kier molecular flexibility index (Phi) is 4.09. The van der Waals surface area contributed by atoms with Crippen LogP contribution < -0.4 is 5.32 Å². The Labute approximate surface area is 112 Å². The monoisotopic (exact) mass is 311 g/mol. The minimum absolute atomic E-state index is 0.292. The number of imidazole rings is 1. The second-order valence-corrected chi connectivity index (χ2v) is 4.53. The maximum atomic E-state index is 13.0. The van der Waals surface area contributed by atoms with Gasteiger partial charge in [0, 0.05) is 30.0 Å². The quantitative estimate of drug-likeness (QED) is 0.941. The molecule has 0 atom stereocenters. The Morgan fingerprint density at radius 3 is 3.06 bits per heavy atom. The summed E-state index contributed by atoms with van der Waals surface area (Å²) in [7, 11) is 0. The van der Waals surface area contributed by atoms with Gasteiger partial charge in [-0.1, -0.05) is 0 Å². The molecule has 2 aromatic rings. The number of hydrogen-bond donors (Lipinski definition) is 1. The van der Waals surface area contributed by atoms with Gasteiger partial charge in [-0.15, -0.1) is 0 Å². The van der Waals surface area contributed by atoms with Gasteiger partial charge in [-0.25, -0.2) is 9.37 Å². The first-order chi connectivity index (χ1) is 8.66. The van der Waals surface area contributed by atoms with E-state index in [4.69, 9.17) is 0 Å². The zero-order valence-electron chi connectivity index (χ0n) is 9.44. The molecule has 1 N–H and O–H groups in total. The first-order valence-corrected chi connectivity index (χ1v) is 6.15. The summed E-state index contributed by atoms with van der Waals surface area (Å²) in [6.45, 7) is 1.08. The van der Waals surface area contributed by atoms with Gasteiger partial charge in [0.25, 0.3) is 5.91 Å². The van der Waals surface area contributed by atoms with Crippen molar-refractivity contribution in [1.82, 2.24) is 14.9 Å². The van der Waals surface area contributed by atoms with Crippen molar-refractivity contribution in [1.29, 1.82) is 0 Å². The molecule has 94 valence electrons. The summed E-state index contributed by atoms with van der Waals surface area (Å²) in [6, 6.07) is 4.02. The van der Waals surface area contributed by atoms with Crippen molar-refractivity contribution in [3.8, 4) is 0 Å². The number of nitrogens with zero attached hydrogens (tertiary/aromatic N) is 2. The maximum Gasteiger partial charge on any atom is 0.252 e. The van der Waals surface area contributed by atoms with E-state index < -0.39 is 5.82 Å². The van der Waals surface area contributed by atoms with Gasteiger partial charge in [-0.05, 0) is 34.1 Å². The van der Waals surface area contributed by atoms with Gasteiger partial charge in [0.05, 0.1) is 11.9 Å². The lowest BCUT2D eigenvalue weighted by Crippen LogP contribution is -2.27. The van der Waals surface area contributed by atoms with Crippen molar-refractivity contribution >= 4 is 21.8 Å². The predicted molar refractivity (Wildman–Crippen MR) is 68.7 cm³/mol. The molecular formula is C12H11BrFN3O. The zero-order chi connectivity index (χ0) is 13.0. The van der Waals surface area contributed by atoms with Crippen LogP contribution in [0.1, 0.15) is 10.4 Å². The van der Waals surface area contributed by atoms with Crippen molar-refractivity contribution in [2.45, 2.75) is 6.54 Å². The normalized spacial score (nSPS) is 10.3. The number of benzene rings is 1. The fraction of sp³-hybridized carbons (Fsp3) is 0.167. The lowest BCUT2D eigenvalue weighted by Gasteiger charge is -2.07. The van der Waals surface area contributed by atoms with Crippen LogP contribution in [-0.2, 0) is 6.54 Å². The fourth-order valence-electron chi connectivity index (χ4n) is 1.48. The van der Waals surface area contributed by atoms with Crippen molar-refractivity contribution in [2.75, 3.05) is 6.54 Å². The minimum atomic E-state index is -0.432. The van der Waals surface area contributed by atoms with Crippen LogP contribution in [0.2, 0.25) is 0 Å². The topological polar surface area (TPSA) is 46.9 Å². The standard InChI is InChI=1S/C12H11BrFN3O/c13-11-2-1-9(14)7-10(11)12(18)16-4-6-17-5-3-15-8-17/h1-3,5,7-8H,4,6H2,(H,16,18). The second-order valence-electron chi connectivity index (χ2n) is 3.68. The van der Waals surface area contributed by atoms with E-state index in [1.807, 2.05) is 10.8 Å². The average Bonchev–Trinajstić information content (AvgIpc) is 2.85. The predicted octanol–water partition coefficient (Wildman–Crippen LogP) is 2.21. The van der Waals surface area contributed by atoms with Crippen LogP contribution in [0, 0.1) is 5.82 Å². The smallest absolute Gasteiger partial charge is 0.252 e. The summed E-state index contributed by atoms with van der Waals surface area (Å²) in [5.41, 5.74) is 0.292. The van der Waals surface area contributed by atoms with Gasteiger partial charge in [0.2, 0.25) is 0 Å². The highest BCUT2D eigenvalue weighted by atomic mass is 79.9. The van der Waals surface area contributed by atoms with E-state index >= 15 is 0 Å². The van der Waals surface area contributed by atoms with Crippen molar-refractivity contribution < 1.29 is 9.18 Å². The van der Waals surface area contributed by atoms with E-state index in [9.17, 15) is 9.18 Å². The highest BCUT2D eigenvalue weighted by Crippen LogP contribution is 2.17. The Bertz CT molecular complexity index is 542. The van der Waals surface area contributed by atoms with Gasteiger partial charge < -0.3 is 9.88 Å². The summed E-state index contributed by atoms with van der Waals surface area (Å²) >= 11 is 3.22. The Hall–Kier alpha value is -1.69. The van der Waals surface area contributed by atoms with Crippen LogP contribution in [0.25, 0.3) is 0 Å². The summed E-state index contributed by atoms with van der Waals surface area (Å²) < 4.78 is 15.5. The Morgan fingerprint density at radius 2 is 2.33 bits per heavy atom. The van der Waals surface area contributed by atoms with Gasteiger partial charge in [-0.2, -0.15) is 0 Å². The van der Waals surface area contributed by atoms with Gasteiger partial charge in [0.1, 0.15) is 5.82 Å². The number of hydrogen-bond acceptors (Lipinski definition) is 2. The summed E-state index contributed by atoms with van der Waals surface area (Å²) in [4.78, 5) is 15.7. The second kappa shape index (κ2) is 5.77. The molecule has 4 nitrogen and oxygen atoms in total. The van der Waals surface area contributed by atoms with E-state index in [0.717, 1.165) is 0 Å². The largest absolute Gasteiger partial charge is 0.350 e. The molecule has 0 saturated heterocycles. The van der Waals surface area contributed by atoms with E-state index in [1.165, 1.54) is 18.2 Å². The molecule has 0 bridgehead atoms. The molecule has 0 saturated carbocycles. The maximum absolute atomic E-state index is 13.0.